The van der Waals surface area contributed by atoms with E-state index in [1.165, 1.54) is 16.9 Å². The lowest BCUT2D eigenvalue weighted by Gasteiger charge is -2.17. The van der Waals surface area contributed by atoms with Crippen molar-refractivity contribution in [2.24, 2.45) is 16.5 Å². The topological polar surface area (TPSA) is 119 Å². The number of nitrogens with zero attached hydrogens (tertiary/aromatic N) is 2. The predicted molar refractivity (Wildman–Crippen MR) is 142 cm³/mol. The molecule has 0 aliphatic heterocycles. The Morgan fingerprint density at radius 2 is 2.00 bits per heavy atom. The van der Waals surface area contributed by atoms with Gasteiger partial charge in [-0.25, -0.2) is 9.98 Å². The molecular formula is C25H38FN5O2S. The fourth-order valence-corrected chi connectivity index (χ4v) is 4.72. The fraction of sp³-hybridized carbons (Fsp3) is 0.440. The van der Waals surface area contributed by atoms with Crippen LogP contribution in [-0.4, -0.2) is 37.2 Å². The third-order valence-electron chi connectivity index (χ3n) is 5.83. The van der Waals surface area contributed by atoms with Gasteiger partial charge in [-0.05, 0) is 74.1 Å². The number of benzene rings is 2. The minimum atomic E-state index is -0.775. The number of halogens is 1. The molecule has 0 bridgehead atoms. The molecule has 3 rings (SSSR count). The van der Waals surface area contributed by atoms with Gasteiger partial charge in [-0.1, -0.05) is 19.6 Å². The summed E-state index contributed by atoms with van der Waals surface area (Å²) in [5.74, 6) is 1.29. The molecule has 6 N–H and O–H groups in total. The molecule has 9 heteroatoms. The third kappa shape index (κ3) is 6.88. The largest absolute Gasteiger partial charge is 0.496 e. The minimum absolute atomic E-state index is 0. The quantitative estimate of drug-likeness (QED) is 0.201. The first kappa shape index (κ1) is 27.5. The van der Waals surface area contributed by atoms with Gasteiger partial charge in [0.15, 0.2) is 5.96 Å². The summed E-state index contributed by atoms with van der Waals surface area (Å²) in [7, 11) is 1.69. The normalized spacial score (nSPS) is 13.3. The standard InChI is InChI=1S/C24H33N5O2S.CH4.FH/c1-14-12-20(31-4)16(3)15(2)17(14)13-28-24(26)27-11-7-8-18(25)22(30)23-29-19-9-5-6-10-21(19)32-23;;/h5-6,9-10,12,18,22,30H,7-8,11,13,25H2,1-4H3,(H3,26,27,28);1H4;1H/t18-,22?;;/m0../s1/i/hT. The van der Waals surface area contributed by atoms with Crippen molar-refractivity contribution in [3.8, 4) is 5.75 Å². The van der Waals surface area contributed by atoms with Gasteiger partial charge in [0.25, 0.3) is 1.45 Å². The van der Waals surface area contributed by atoms with Crippen molar-refractivity contribution >= 4 is 27.5 Å². The number of nitrogens with one attached hydrogen (secondary N) is 1. The lowest BCUT2D eigenvalue weighted by atomic mass is 9.97. The summed E-state index contributed by atoms with van der Waals surface area (Å²) in [5.41, 5.74) is 17.7. The van der Waals surface area contributed by atoms with Gasteiger partial charge in [0.2, 0.25) is 0 Å². The zero-order chi connectivity index (χ0) is 25.3. The molecule has 0 fully saturated rings. The van der Waals surface area contributed by atoms with Crippen LogP contribution in [0.2, 0.25) is 0 Å². The van der Waals surface area contributed by atoms with Crippen molar-refractivity contribution in [3.63, 3.8) is 0 Å². The zero-order valence-corrected chi connectivity index (χ0v) is 20.4. The summed E-state index contributed by atoms with van der Waals surface area (Å²) in [6.07, 6.45) is 0.634. The second-order valence-electron chi connectivity index (χ2n) is 8.02. The average Bonchev–Trinajstić information content (AvgIpc) is 3.29. The Hall–Kier alpha value is -2.75. The number of aliphatic imine (C=N–C) groups is 1. The number of aromatic nitrogens is 1. The number of nitrogens with two attached hydrogens (primary N) is 2. The van der Waals surface area contributed by atoms with E-state index in [4.69, 9.17) is 20.9 Å². The minimum Gasteiger partial charge on any atom is -0.496 e. The monoisotopic (exact) mass is 493 g/mol. The van der Waals surface area contributed by atoms with Crippen LogP contribution in [0.5, 0.6) is 5.75 Å². The third-order valence-corrected chi connectivity index (χ3v) is 6.93. The highest BCUT2D eigenvalue weighted by molar-refractivity contribution is 7.18. The second kappa shape index (κ2) is 13.2. The van der Waals surface area contributed by atoms with E-state index >= 15 is 0 Å². The van der Waals surface area contributed by atoms with Crippen LogP contribution in [0.4, 0.5) is 4.72 Å². The highest BCUT2D eigenvalue weighted by Gasteiger charge is 2.20. The van der Waals surface area contributed by atoms with Crippen LogP contribution in [0.1, 0.15) is 53.6 Å². The van der Waals surface area contributed by atoms with Gasteiger partial charge in [0, 0.05) is 12.6 Å². The number of aliphatic hydroxyl groups excluding tert-OH is 1. The molecule has 1 aromatic heterocycles. The van der Waals surface area contributed by atoms with E-state index in [9.17, 15) is 5.11 Å². The Bertz CT molecular complexity index is 1080. The SMILES string of the molecule is C.COc1cc(C)c(CN=C(N)NCCC[C@H](N)C(O)c2nc3ccccc3s2)c(C)c1C.[3H]F. The smallest absolute Gasteiger partial charge is 0.269 e. The maximum absolute atomic E-state index is 10.6. The van der Waals surface area contributed by atoms with Crippen LogP contribution in [0, 0.1) is 20.8 Å². The maximum atomic E-state index is 10.6. The highest BCUT2D eigenvalue weighted by Crippen LogP contribution is 2.29. The molecule has 0 saturated carbocycles. The molecule has 3 aromatic rings. The van der Waals surface area contributed by atoms with Crippen LogP contribution < -0.4 is 21.5 Å². The summed E-state index contributed by atoms with van der Waals surface area (Å²) < 4.78 is 19.5. The van der Waals surface area contributed by atoms with Crippen LogP contribution in [0.15, 0.2) is 35.3 Å². The van der Waals surface area contributed by atoms with Gasteiger partial charge in [-0.3, -0.25) is 4.72 Å². The zero-order valence-electron chi connectivity index (χ0n) is 20.6. The van der Waals surface area contributed by atoms with Crippen LogP contribution in [0.3, 0.4) is 0 Å². The molecular weight excluding hydrogens is 453 g/mol. The van der Waals surface area contributed by atoms with Crippen molar-refractivity contribution in [1.29, 1.82) is 1.45 Å². The Morgan fingerprint density at radius 3 is 2.68 bits per heavy atom. The molecule has 34 heavy (non-hydrogen) atoms. The molecule has 0 aliphatic carbocycles. The van der Waals surface area contributed by atoms with Crippen molar-refractivity contribution in [1.82, 2.24) is 10.3 Å². The summed E-state index contributed by atoms with van der Waals surface area (Å²) >= 11 is 1.48. The summed E-state index contributed by atoms with van der Waals surface area (Å²) in [6, 6.07) is 9.49. The molecule has 0 aliphatic rings. The molecule has 1 unspecified atom stereocenters. The lowest BCUT2D eigenvalue weighted by Crippen LogP contribution is -2.34. The summed E-state index contributed by atoms with van der Waals surface area (Å²) in [4.78, 5) is 8.99. The van der Waals surface area contributed by atoms with Crippen LogP contribution in [0.25, 0.3) is 10.2 Å². The molecule has 188 valence electrons. The number of thiazole rings is 1. The van der Waals surface area contributed by atoms with Crippen molar-refractivity contribution in [3.05, 3.63) is 57.6 Å². The first-order chi connectivity index (χ1) is 16.3. The number of guanidine groups is 1. The Morgan fingerprint density at radius 1 is 1.29 bits per heavy atom. The van der Waals surface area contributed by atoms with Gasteiger partial charge < -0.3 is 26.6 Å². The molecule has 0 saturated heterocycles. The first-order valence-electron chi connectivity index (χ1n) is 11.2. The van der Waals surface area contributed by atoms with Gasteiger partial charge in [0.1, 0.15) is 16.9 Å². The molecule has 0 spiro atoms. The van der Waals surface area contributed by atoms with E-state index in [0.29, 0.717) is 30.5 Å². The average molecular weight is 494 g/mol. The number of ether oxygens (including phenoxy) is 1. The predicted octanol–water partition coefficient (Wildman–Crippen LogP) is 4.26. The fourth-order valence-electron chi connectivity index (χ4n) is 3.69. The number of rotatable bonds is 9. The van der Waals surface area contributed by atoms with Crippen molar-refractivity contribution < 1.29 is 14.6 Å². The molecule has 7 nitrogen and oxygen atoms in total. The van der Waals surface area contributed by atoms with E-state index in [1.54, 1.807) is 7.11 Å². The molecule has 0 radical (unpaired) electrons. The van der Waals surface area contributed by atoms with Crippen molar-refractivity contribution in [2.45, 2.75) is 59.7 Å². The van der Waals surface area contributed by atoms with Crippen LogP contribution >= 0.6 is 11.3 Å². The van der Waals surface area contributed by atoms with E-state index in [0.717, 1.165) is 39.1 Å². The number of methoxy groups -OCH3 is 1. The van der Waals surface area contributed by atoms with Crippen molar-refractivity contribution in [2.75, 3.05) is 13.7 Å². The van der Waals surface area contributed by atoms with Gasteiger partial charge in [-0.2, -0.15) is 0 Å². The van der Waals surface area contributed by atoms with E-state index in [2.05, 4.69) is 37.5 Å². The first-order valence-corrected chi connectivity index (χ1v) is 11.6. The van der Waals surface area contributed by atoms with Gasteiger partial charge >= 0.3 is 0 Å². The molecule has 0 amide bonds. The number of aliphatic hydroxyl groups is 1. The number of hydrogen-bond donors (Lipinski definition) is 4. The molecule has 2 atom stereocenters. The van der Waals surface area contributed by atoms with E-state index < -0.39 is 6.10 Å². The van der Waals surface area contributed by atoms with Gasteiger partial charge in [0.05, 0.1) is 23.9 Å². The number of fused-ring (bicyclic) bond motifs is 1. The highest BCUT2D eigenvalue weighted by atomic mass is 32.1. The lowest BCUT2D eigenvalue weighted by molar-refractivity contribution is 0.141. The number of aryl methyl sites for hydroxylation is 1. The molecule has 2 aromatic carbocycles. The maximum Gasteiger partial charge on any atom is 0.269 e. The Labute approximate surface area is 207 Å². The van der Waals surface area contributed by atoms with E-state index in [1.807, 2.05) is 30.3 Å². The van der Waals surface area contributed by atoms with Gasteiger partial charge in [-0.15, -0.1) is 11.3 Å². The Balaban J connectivity index is 0.00000199. The van der Waals surface area contributed by atoms with Crippen LogP contribution in [-0.2, 0) is 6.54 Å². The summed E-state index contributed by atoms with van der Waals surface area (Å²) in [5, 5.41) is 14.4. The second-order valence-corrected chi connectivity index (χ2v) is 9.09. The summed E-state index contributed by atoms with van der Waals surface area (Å²) in [6.45, 7) is 7.33. The number of hydrogen-bond acceptors (Lipinski definition) is 6. The number of para-hydroxylation sites is 1. The molecule has 1 heterocycles. The Kier molecular flexibility index (Phi) is 10.7. The van der Waals surface area contributed by atoms with E-state index in [-0.39, 0.29) is 13.5 Å².